The smallest absolute Gasteiger partial charge is 0.250 e. The number of rotatable bonds is 8. The van der Waals surface area contributed by atoms with Crippen LogP contribution in [0.25, 0.3) is 0 Å². The van der Waals surface area contributed by atoms with Crippen LogP contribution in [0.4, 0.5) is 0 Å². The molecule has 1 aromatic heterocycles. The number of aliphatic hydroxyl groups excluding tert-OH is 1. The Labute approximate surface area is 161 Å². The Hall–Kier alpha value is -1.21. The van der Waals surface area contributed by atoms with E-state index in [-0.39, 0.29) is 6.61 Å². The highest BCUT2D eigenvalue weighted by Gasteiger charge is 2.23. The van der Waals surface area contributed by atoms with Crippen LogP contribution in [0, 0.1) is 0 Å². The number of hydrogen-bond acceptors (Lipinski definition) is 4. The van der Waals surface area contributed by atoms with Gasteiger partial charge < -0.3 is 5.11 Å². The molecule has 0 saturated heterocycles. The summed E-state index contributed by atoms with van der Waals surface area (Å²) in [5.41, 5.74) is 1.72. The van der Waals surface area contributed by atoms with E-state index in [9.17, 15) is 8.42 Å². The largest absolute Gasteiger partial charge is 0.392 e. The molecule has 0 aliphatic rings. The van der Waals surface area contributed by atoms with Crippen LogP contribution in [0.3, 0.4) is 0 Å². The standard InChI is InChI=1S/C20H29NO3S2/c1-15(17-10-8-16(14-22)9-11-17)6-5-7-18-12-13-19(25-18)26(23,24)21-20(2,3)4/h8-13,15,21-22H,5-7,14H2,1-4H3. The molecule has 0 fully saturated rings. The number of aliphatic hydroxyl groups is 1. The van der Waals surface area contributed by atoms with E-state index in [0.29, 0.717) is 10.1 Å². The van der Waals surface area contributed by atoms with Gasteiger partial charge >= 0.3 is 0 Å². The first kappa shape index (κ1) is 21.1. The molecule has 0 saturated carbocycles. The molecule has 26 heavy (non-hydrogen) atoms. The highest BCUT2D eigenvalue weighted by Crippen LogP contribution is 2.26. The van der Waals surface area contributed by atoms with Gasteiger partial charge in [0.1, 0.15) is 4.21 Å². The molecule has 0 radical (unpaired) electrons. The number of thiophene rings is 1. The van der Waals surface area contributed by atoms with E-state index >= 15 is 0 Å². The van der Waals surface area contributed by atoms with Crippen molar-refractivity contribution >= 4 is 21.4 Å². The van der Waals surface area contributed by atoms with Gasteiger partial charge in [-0.1, -0.05) is 31.2 Å². The molecule has 2 rings (SSSR count). The third-order valence-electron chi connectivity index (χ3n) is 4.13. The predicted octanol–water partition coefficient (Wildman–Crippen LogP) is 4.44. The second-order valence-corrected chi connectivity index (χ2v) is 10.8. The molecule has 2 N–H and O–H groups in total. The SMILES string of the molecule is CC(CCCc1ccc(S(=O)(=O)NC(C)(C)C)s1)c1ccc(CO)cc1. The van der Waals surface area contributed by atoms with Gasteiger partial charge in [-0.15, -0.1) is 11.3 Å². The molecule has 1 heterocycles. The fraction of sp³-hybridized carbons (Fsp3) is 0.500. The van der Waals surface area contributed by atoms with Crippen molar-refractivity contribution in [3.05, 3.63) is 52.4 Å². The summed E-state index contributed by atoms with van der Waals surface area (Å²) in [6.07, 6.45) is 2.93. The lowest BCUT2D eigenvalue weighted by molar-refractivity contribution is 0.282. The third kappa shape index (κ3) is 6.20. The van der Waals surface area contributed by atoms with Crippen LogP contribution in [0.1, 0.15) is 62.5 Å². The Balaban J connectivity index is 1.89. The van der Waals surface area contributed by atoms with Crippen molar-refractivity contribution in [2.75, 3.05) is 0 Å². The molecular formula is C20H29NO3S2. The second-order valence-electron chi connectivity index (χ2n) is 7.77. The lowest BCUT2D eigenvalue weighted by atomic mass is 9.94. The summed E-state index contributed by atoms with van der Waals surface area (Å²) in [6, 6.07) is 11.7. The van der Waals surface area contributed by atoms with Gasteiger partial charge in [-0.3, -0.25) is 0 Å². The fourth-order valence-corrected chi connectivity index (χ4v) is 5.61. The van der Waals surface area contributed by atoms with E-state index in [1.165, 1.54) is 16.9 Å². The number of hydrogen-bond donors (Lipinski definition) is 2. The molecule has 0 amide bonds. The minimum atomic E-state index is -3.44. The van der Waals surface area contributed by atoms with Gasteiger partial charge in [0.2, 0.25) is 0 Å². The lowest BCUT2D eigenvalue weighted by Crippen LogP contribution is -2.40. The van der Waals surface area contributed by atoms with Gasteiger partial charge in [0, 0.05) is 10.4 Å². The van der Waals surface area contributed by atoms with Gasteiger partial charge in [-0.2, -0.15) is 0 Å². The summed E-state index contributed by atoms with van der Waals surface area (Å²) in [4.78, 5) is 1.10. The normalized spacial score (nSPS) is 13.7. The lowest BCUT2D eigenvalue weighted by Gasteiger charge is -2.19. The first-order chi connectivity index (χ1) is 12.1. The van der Waals surface area contributed by atoms with Crippen LogP contribution in [0.5, 0.6) is 0 Å². The molecule has 1 unspecified atom stereocenters. The summed E-state index contributed by atoms with van der Waals surface area (Å²) in [5.74, 6) is 0.438. The van der Waals surface area contributed by atoms with Crippen molar-refractivity contribution in [1.29, 1.82) is 0 Å². The Morgan fingerprint density at radius 1 is 1.12 bits per heavy atom. The van der Waals surface area contributed by atoms with Crippen LogP contribution in [-0.2, 0) is 23.1 Å². The van der Waals surface area contributed by atoms with Gasteiger partial charge in [0.05, 0.1) is 6.61 Å². The van der Waals surface area contributed by atoms with E-state index in [0.717, 1.165) is 29.7 Å². The van der Waals surface area contributed by atoms with Crippen molar-refractivity contribution < 1.29 is 13.5 Å². The zero-order valence-corrected chi connectivity index (χ0v) is 17.6. The molecule has 2 aromatic rings. The highest BCUT2D eigenvalue weighted by molar-refractivity contribution is 7.91. The molecular weight excluding hydrogens is 366 g/mol. The highest BCUT2D eigenvalue weighted by atomic mass is 32.2. The van der Waals surface area contributed by atoms with Crippen molar-refractivity contribution in [2.24, 2.45) is 0 Å². The third-order valence-corrected chi connectivity index (χ3v) is 7.53. The van der Waals surface area contributed by atoms with Crippen molar-refractivity contribution in [1.82, 2.24) is 4.72 Å². The van der Waals surface area contributed by atoms with Crippen LogP contribution in [0.2, 0.25) is 0 Å². The Morgan fingerprint density at radius 3 is 2.35 bits per heavy atom. The number of benzene rings is 1. The summed E-state index contributed by atoms with van der Waals surface area (Å²) >= 11 is 1.35. The van der Waals surface area contributed by atoms with E-state index < -0.39 is 15.6 Å². The molecule has 6 heteroatoms. The zero-order chi connectivity index (χ0) is 19.4. The molecule has 144 valence electrons. The maximum Gasteiger partial charge on any atom is 0.250 e. The van der Waals surface area contributed by atoms with E-state index in [1.54, 1.807) is 6.07 Å². The summed E-state index contributed by atoms with van der Waals surface area (Å²) < 4.78 is 27.8. The first-order valence-corrected chi connectivity index (χ1v) is 11.2. The predicted molar refractivity (Wildman–Crippen MR) is 108 cm³/mol. The van der Waals surface area contributed by atoms with E-state index in [4.69, 9.17) is 5.11 Å². The van der Waals surface area contributed by atoms with Crippen LogP contribution in [-0.4, -0.2) is 19.1 Å². The fourth-order valence-electron chi connectivity index (χ4n) is 2.79. The molecule has 4 nitrogen and oxygen atoms in total. The topological polar surface area (TPSA) is 66.4 Å². The Bertz CT molecular complexity index is 802. The van der Waals surface area contributed by atoms with Gasteiger partial charge in [-0.25, -0.2) is 13.1 Å². The van der Waals surface area contributed by atoms with Crippen molar-refractivity contribution in [3.63, 3.8) is 0 Å². The minimum Gasteiger partial charge on any atom is -0.392 e. The van der Waals surface area contributed by atoms with E-state index in [2.05, 4.69) is 23.8 Å². The van der Waals surface area contributed by atoms with E-state index in [1.807, 2.05) is 39.0 Å². The average Bonchev–Trinajstić information content (AvgIpc) is 3.02. The number of nitrogens with one attached hydrogen (secondary N) is 1. The number of aryl methyl sites for hydroxylation is 1. The van der Waals surface area contributed by atoms with Crippen LogP contribution >= 0.6 is 11.3 Å². The molecule has 1 atom stereocenters. The first-order valence-electron chi connectivity index (χ1n) is 8.93. The molecule has 0 spiro atoms. The van der Waals surface area contributed by atoms with Crippen LogP contribution in [0.15, 0.2) is 40.6 Å². The van der Waals surface area contributed by atoms with Crippen molar-refractivity contribution in [3.8, 4) is 0 Å². The quantitative estimate of drug-likeness (QED) is 0.694. The van der Waals surface area contributed by atoms with Crippen molar-refractivity contribution in [2.45, 2.75) is 69.2 Å². The Kier molecular flexibility index (Phi) is 7.02. The molecule has 0 aliphatic carbocycles. The average molecular weight is 396 g/mol. The maximum absolute atomic E-state index is 12.4. The van der Waals surface area contributed by atoms with Gasteiger partial charge in [0.25, 0.3) is 10.0 Å². The second kappa shape index (κ2) is 8.65. The summed E-state index contributed by atoms with van der Waals surface area (Å²) in [6.45, 7) is 7.79. The number of sulfonamides is 1. The minimum absolute atomic E-state index is 0.0718. The van der Waals surface area contributed by atoms with Gasteiger partial charge in [0.15, 0.2) is 0 Å². The summed E-state index contributed by atoms with van der Waals surface area (Å²) in [7, 11) is -3.44. The van der Waals surface area contributed by atoms with Crippen LogP contribution < -0.4 is 4.72 Å². The Morgan fingerprint density at radius 2 is 1.77 bits per heavy atom. The summed E-state index contributed by atoms with van der Waals surface area (Å²) in [5, 5.41) is 9.11. The molecule has 1 aromatic carbocycles. The monoisotopic (exact) mass is 395 g/mol. The van der Waals surface area contributed by atoms with Gasteiger partial charge in [-0.05, 0) is 69.2 Å². The molecule has 0 aliphatic heterocycles. The maximum atomic E-state index is 12.4. The molecule has 0 bridgehead atoms. The zero-order valence-electron chi connectivity index (χ0n) is 16.0.